The standard InChI is InChI=1S/C11H22N6S/c1-3-12-10(2)11-13-14-15-17(11)5-4-16-6-8-18-9-7-16/h10,12H,3-9H2,1-2H3. The molecule has 0 radical (unpaired) electrons. The van der Waals surface area contributed by atoms with Crippen LogP contribution in [0, 0.1) is 0 Å². The average molecular weight is 270 g/mol. The van der Waals surface area contributed by atoms with E-state index >= 15 is 0 Å². The van der Waals surface area contributed by atoms with Crippen LogP contribution in [0.3, 0.4) is 0 Å². The largest absolute Gasteiger partial charge is 0.308 e. The van der Waals surface area contributed by atoms with Gasteiger partial charge in [-0.2, -0.15) is 11.8 Å². The molecule has 1 aromatic heterocycles. The molecular weight excluding hydrogens is 248 g/mol. The van der Waals surface area contributed by atoms with E-state index in [0.29, 0.717) is 0 Å². The first-order valence-corrected chi connectivity index (χ1v) is 7.76. The van der Waals surface area contributed by atoms with Gasteiger partial charge < -0.3 is 5.32 Å². The van der Waals surface area contributed by atoms with E-state index in [1.54, 1.807) is 0 Å². The van der Waals surface area contributed by atoms with E-state index in [2.05, 4.69) is 39.6 Å². The van der Waals surface area contributed by atoms with Crippen LogP contribution < -0.4 is 5.32 Å². The SMILES string of the molecule is CCNC(C)c1nnnn1CCN1CCSCC1. The lowest BCUT2D eigenvalue weighted by Crippen LogP contribution is -2.35. The molecule has 1 atom stereocenters. The van der Waals surface area contributed by atoms with Gasteiger partial charge in [-0.1, -0.05) is 6.92 Å². The minimum atomic E-state index is 0.210. The summed E-state index contributed by atoms with van der Waals surface area (Å²) < 4.78 is 1.93. The maximum Gasteiger partial charge on any atom is 0.167 e. The monoisotopic (exact) mass is 270 g/mol. The van der Waals surface area contributed by atoms with Crippen molar-refractivity contribution in [1.29, 1.82) is 0 Å². The number of hydrogen-bond acceptors (Lipinski definition) is 6. The maximum atomic E-state index is 4.12. The van der Waals surface area contributed by atoms with Crippen LogP contribution in [-0.2, 0) is 6.54 Å². The van der Waals surface area contributed by atoms with Crippen LogP contribution in [0.1, 0.15) is 25.7 Å². The molecule has 2 rings (SSSR count). The van der Waals surface area contributed by atoms with Crippen molar-refractivity contribution in [3.8, 4) is 0 Å². The van der Waals surface area contributed by atoms with E-state index < -0.39 is 0 Å². The predicted octanol–water partition coefficient (Wildman–Crippen LogP) is 0.392. The number of tetrazole rings is 1. The van der Waals surface area contributed by atoms with Gasteiger partial charge in [-0.05, 0) is 23.9 Å². The molecular formula is C11H22N6S. The van der Waals surface area contributed by atoms with Crippen molar-refractivity contribution < 1.29 is 0 Å². The molecule has 6 nitrogen and oxygen atoms in total. The topological polar surface area (TPSA) is 58.9 Å². The molecule has 0 aliphatic carbocycles. The number of rotatable bonds is 6. The molecule has 0 saturated carbocycles. The Kier molecular flexibility index (Phi) is 5.40. The summed E-state index contributed by atoms with van der Waals surface area (Å²) in [5, 5.41) is 15.3. The second kappa shape index (κ2) is 7.06. The Balaban J connectivity index is 1.86. The van der Waals surface area contributed by atoms with Crippen molar-refractivity contribution >= 4 is 11.8 Å². The molecule has 1 fully saturated rings. The van der Waals surface area contributed by atoms with Crippen molar-refractivity contribution in [3.05, 3.63) is 5.82 Å². The van der Waals surface area contributed by atoms with Crippen LogP contribution in [0.4, 0.5) is 0 Å². The van der Waals surface area contributed by atoms with Gasteiger partial charge >= 0.3 is 0 Å². The lowest BCUT2D eigenvalue weighted by atomic mass is 10.3. The smallest absolute Gasteiger partial charge is 0.167 e. The molecule has 7 heteroatoms. The minimum Gasteiger partial charge on any atom is -0.308 e. The van der Waals surface area contributed by atoms with E-state index in [-0.39, 0.29) is 6.04 Å². The zero-order valence-corrected chi connectivity index (χ0v) is 12.0. The number of thioether (sulfide) groups is 1. The van der Waals surface area contributed by atoms with Crippen LogP contribution >= 0.6 is 11.8 Å². The van der Waals surface area contributed by atoms with E-state index in [4.69, 9.17) is 0 Å². The molecule has 2 heterocycles. The van der Waals surface area contributed by atoms with E-state index in [1.165, 1.54) is 24.6 Å². The summed E-state index contributed by atoms with van der Waals surface area (Å²) in [6.45, 7) is 9.41. The van der Waals surface area contributed by atoms with Gasteiger partial charge in [-0.25, -0.2) is 4.68 Å². The quantitative estimate of drug-likeness (QED) is 0.807. The van der Waals surface area contributed by atoms with Crippen molar-refractivity contribution in [3.63, 3.8) is 0 Å². The molecule has 0 amide bonds. The first-order valence-electron chi connectivity index (χ1n) is 6.60. The Morgan fingerprint density at radius 3 is 2.83 bits per heavy atom. The summed E-state index contributed by atoms with van der Waals surface area (Å²) in [4.78, 5) is 2.49. The van der Waals surface area contributed by atoms with Crippen molar-refractivity contribution in [2.24, 2.45) is 0 Å². The maximum absolute atomic E-state index is 4.12. The van der Waals surface area contributed by atoms with Gasteiger partial charge in [0.2, 0.25) is 0 Å². The number of nitrogens with zero attached hydrogens (tertiary/aromatic N) is 5. The van der Waals surface area contributed by atoms with Gasteiger partial charge in [0.1, 0.15) is 0 Å². The fraction of sp³-hybridized carbons (Fsp3) is 0.909. The first kappa shape index (κ1) is 13.8. The van der Waals surface area contributed by atoms with Crippen LogP contribution in [0.2, 0.25) is 0 Å². The lowest BCUT2D eigenvalue weighted by molar-refractivity contribution is 0.279. The summed E-state index contributed by atoms with van der Waals surface area (Å²) in [7, 11) is 0. The van der Waals surface area contributed by atoms with Crippen LogP contribution in [0.5, 0.6) is 0 Å². The van der Waals surface area contributed by atoms with Crippen molar-refractivity contribution in [2.45, 2.75) is 26.4 Å². The van der Waals surface area contributed by atoms with Gasteiger partial charge in [0, 0.05) is 31.1 Å². The summed E-state index contributed by atoms with van der Waals surface area (Å²) in [6.07, 6.45) is 0. The highest BCUT2D eigenvalue weighted by atomic mass is 32.2. The summed E-state index contributed by atoms with van der Waals surface area (Å²) in [6, 6.07) is 0.210. The third-order valence-corrected chi connectivity index (χ3v) is 4.13. The fourth-order valence-corrected chi connectivity index (χ4v) is 3.12. The summed E-state index contributed by atoms with van der Waals surface area (Å²) in [5.41, 5.74) is 0. The molecule has 1 aliphatic rings. The highest BCUT2D eigenvalue weighted by molar-refractivity contribution is 7.99. The molecule has 0 bridgehead atoms. The van der Waals surface area contributed by atoms with Gasteiger partial charge in [0.15, 0.2) is 5.82 Å². The molecule has 102 valence electrons. The van der Waals surface area contributed by atoms with Crippen LogP contribution in [-0.4, -0.2) is 62.8 Å². The summed E-state index contributed by atoms with van der Waals surface area (Å²) in [5.74, 6) is 3.43. The van der Waals surface area contributed by atoms with Gasteiger partial charge in [-0.15, -0.1) is 5.10 Å². The van der Waals surface area contributed by atoms with Gasteiger partial charge in [0.05, 0.1) is 12.6 Å². The second-order valence-corrected chi connectivity index (χ2v) is 5.72. The average Bonchev–Trinajstić information content (AvgIpc) is 2.86. The van der Waals surface area contributed by atoms with E-state index in [9.17, 15) is 0 Å². The van der Waals surface area contributed by atoms with Crippen LogP contribution in [0.25, 0.3) is 0 Å². The lowest BCUT2D eigenvalue weighted by Gasteiger charge is -2.26. The van der Waals surface area contributed by atoms with Crippen LogP contribution in [0.15, 0.2) is 0 Å². The van der Waals surface area contributed by atoms with E-state index in [0.717, 1.165) is 25.5 Å². The minimum absolute atomic E-state index is 0.210. The third kappa shape index (κ3) is 3.66. The first-order chi connectivity index (χ1) is 8.81. The highest BCUT2D eigenvalue weighted by Gasteiger charge is 2.15. The van der Waals surface area contributed by atoms with Gasteiger partial charge in [0.25, 0.3) is 0 Å². The molecule has 1 aliphatic heterocycles. The zero-order valence-electron chi connectivity index (χ0n) is 11.2. The Morgan fingerprint density at radius 2 is 2.11 bits per heavy atom. The highest BCUT2D eigenvalue weighted by Crippen LogP contribution is 2.10. The molecule has 1 aromatic rings. The number of aromatic nitrogens is 4. The molecule has 1 saturated heterocycles. The Morgan fingerprint density at radius 1 is 1.33 bits per heavy atom. The summed E-state index contributed by atoms with van der Waals surface area (Å²) >= 11 is 2.04. The molecule has 1 N–H and O–H groups in total. The fourth-order valence-electron chi connectivity index (χ4n) is 2.14. The number of nitrogens with one attached hydrogen (secondary N) is 1. The van der Waals surface area contributed by atoms with Gasteiger partial charge in [-0.3, -0.25) is 4.90 Å². The van der Waals surface area contributed by atoms with Crippen molar-refractivity contribution in [1.82, 2.24) is 30.4 Å². The Bertz CT molecular complexity index is 349. The predicted molar refractivity (Wildman–Crippen MR) is 73.7 cm³/mol. The Labute approximate surface area is 112 Å². The van der Waals surface area contributed by atoms with E-state index in [1.807, 2.05) is 16.4 Å². The molecule has 0 aromatic carbocycles. The zero-order chi connectivity index (χ0) is 12.8. The van der Waals surface area contributed by atoms with Crippen molar-refractivity contribution in [2.75, 3.05) is 37.7 Å². The molecule has 0 spiro atoms. The Hall–Kier alpha value is -0.660. The normalized spacial score (nSPS) is 19.0. The molecule has 18 heavy (non-hydrogen) atoms. The number of hydrogen-bond donors (Lipinski definition) is 1. The second-order valence-electron chi connectivity index (χ2n) is 4.49. The third-order valence-electron chi connectivity index (χ3n) is 3.19. The molecule has 1 unspecified atom stereocenters.